The zero-order valence-electron chi connectivity index (χ0n) is 7.73. The molecule has 0 saturated heterocycles. The Bertz CT molecular complexity index is 503. The Hall–Kier alpha value is -2.08. The third kappa shape index (κ3) is 2.20. The van der Waals surface area contributed by atoms with Gasteiger partial charge in [0.25, 0.3) is 0 Å². The Morgan fingerprint density at radius 1 is 1.29 bits per heavy atom. The molecule has 0 bridgehead atoms. The summed E-state index contributed by atoms with van der Waals surface area (Å²) >= 11 is 0. The fourth-order valence-corrected chi connectivity index (χ4v) is 1.03. The van der Waals surface area contributed by atoms with E-state index in [1.165, 1.54) is 19.3 Å². The standard InChI is InChI=1S/C9H6O2.C2H3N/c10-8-5-6-11-9-4-2-1-3-7(8)9;1-2-3/h1-6H;1H3. The highest BCUT2D eigenvalue weighted by molar-refractivity contribution is 5.75. The Balaban J connectivity index is 0.000000293. The maximum absolute atomic E-state index is 11.1. The number of nitrogens with zero attached hydrogens (tertiary/aromatic N) is 1. The molecule has 0 amide bonds. The van der Waals surface area contributed by atoms with Crippen LogP contribution in [-0.2, 0) is 0 Å². The van der Waals surface area contributed by atoms with E-state index in [2.05, 4.69) is 0 Å². The normalized spacial score (nSPS) is 8.57. The highest BCUT2D eigenvalue weighted by Crippen LogP contribution is 2.06. The second-order valence-electron chi connectivity index (χ2n) is 2.50. The van der Waals surface area contributed by atoms with Crippen LogP contribution < -0.4 is 5.43 Å². The van der Waals surface area contributed by atoms with Gasteiger partial charge in [0.2, 0.25) is 0 Å². The van der Waals surface area contributed by atoms with Gasteiger partial charge in [-0.25, -0.2) is 0 Å². The highest BCUT2D eigenvalue weighted by atomic mass is 16.3. The van der Waals surface area contributed by atoms with Gasteiger partial charge in [-0.3, -0.25) is 4.79 Å². The summed E-state index contributed by atoms with van der Waals surface area (Å²) < 4.78 is 5.09. The molecule has 3 heteroatoms. The molecule has 0 unspecified atom stereocenters. The fraction of sp³-hybridized carbons (Fsp3) is 0.0909. The van der Waals surface area contributed by atoms with E-state index in [-0.39, 0.29) is 5.43 Å². The number of hydrogen-bond acceptors (Lipinski definition) is 3. The predicted octanol–water partition coefficient (Wildman–Crippen LogP) is 2.32. The molecule has 0 radical (unpaired) electrons. The van der Waals surface area contributed by atoms with E-state index < -0.39 is 0 Å². The molecule has 1 heterocycles. The smallest absolute Gasteiger partial charge is 0.192 e. The van der Waals surface area contributed by atoms with Gasteiger partial charge < -0.3 is 4.42 Å². The summed E-state index contributed by atoms with van der Waals surface area (Å²) in [6.07, 6.45) is 1.41. The number of benzene rings is 1. The van der Waals surface area contributed by atoms with Crippen LogP contribution in [0.3, 0.4) is 0 Å². The number of fused-ring (bicyclic) bond motifs is 1. The Kier molecular flexibility index (Phi) is 3.45. The topological polar surface area (TPSA) is 54.0 Å². The first-order valence-electron chi connectivity index (χ1n) is 4.07. The summed E-state index contributed by atoms with van der Waals surface area (Å²) in [6.45, 7) is 1.43. The first kappa shape index (κ1) is 10.0. The highest BCUT2D eigenvalue weighted by Gasteiger charge is 1.95. The van der Waals surface area contributed by atoms with Gasteiger partial charge in [-0.2, -0.15) is 5.26 Å². The molecule has 2 rings (SSSR count). The summed E-state index contributed by atoms with van der Waals surface area (Å²) in [5.41, 5.74) is 0.645. The van der Waals surface area contributed by atoms with E-state index in [1.54, 1.807) is 18.2 Å². The lowest BCUT2D eigenvalue weighted by atomic mass is 10.2. The van der Waals surface area contributed by atoms with Gasteiger partial charge in [0.1, 0.15) is 5.58 Å². The molecule has 0 fully saturated rings. The van der Waals surface area contributed by atoms with Crippen LogP contribution >= 0.6 is 0 Å². The van der Waals surface area contributed by atoms with Gasteiger partial charge in [0, 0.05) is 13.0 Å². The fourth-order valence-electron chi connectivity index (χ4n) is 1.03. The maximum atomic E-state index is 11.1. The summed E-state index contributed by atoms with van der Waals surface area (Å²) in [5.74, 6) is 0. The zero-order chi connectivity index (χ0) is 10.4. The van der Waals surface area contributed by atoms with Crippen molar-refractivity contribution in [2.75, 3.05) is 0 Å². The third-order valence-electron chi connectivity index (χ3n) is 1.57. The molecule has 0 aliphatic carbocycles. The number of rotatable bonds is 0. The Morgan fingerprint density at radius 3 is 2.57 bits per heavy atom. The van der Waals surface area contributed by atoms with Gasteiger partial charge >= 0.3 is 0 Å². The number of para-hydroxylation sites is 1. The van der Waals surface area contributed by atoms with E-state index in [0.29, 0.717) is 11.0 Å². The molecule has 0 saturated carbocycles. The van der Waals surface area contributed by atoms with E-state index in [4.69, 9.17) is 9.68 Å². The molecule has 1 aromatic heterocycles. The van der Waals surface area contributed by atoms with E-state index in [9.17, 15) is 4.79 Å². The molecule has 0 spiro atoms. The molecular formula is C11H9NO2. The average molecular weight is 187 g/mol. The van der Waals surface area contributed by atoms with Crippen molar-refractivity contribution < 1.29 is 4.42 Å². The maximum Gasteiger partial charge on any atom is 0.192 e. The number of hydrogen-bond donors (Lipinski definition) is 0. The molecule has 0 aliphatic heterocycles. The molecule has 0 aliphatic rings. The molecule has 70 valence electrons. The summed E-state index contributed by atoms with van der Waals surface area (Å²) in [7, 11) is 0. The zero-order valence-corrected chi connectivity index (χ0v) is 7.73. The molecule has 14 heavy (non-hydrogen) atoms. The SMILES string of the molecule is CC#N.O=c1ccoc2ccccc12. The Labute approximate surface area is 81.2 Å². The van der Waals surface area contributed by atoms with Crippen LogP contribution in [0.25, 0.3) is 11.0 Å². The van der Waals surface area contributed by atoms with Crippen molar-refractivity contribution in [3.63, 3.8) is 0 Å². The second kappa shape index (κ2) is 4.83. The molecule has 0 atom stereocenters. The predicted molar refractivity (Wildman–Crippen MR) is 53.8 cm³/mol. The minimum atomic E-state index is 0.00634. The van der Waals surface area contributed by atoms with Crippen LogP contribution in [-0.4, -0.2) is 0 Å². The molecule has 0 N–H and O–H groups in total. The molecule has 3 nitrogen and oxygen atoms in total. The third-order valence-corrected chi connectivity index (χ3v) is 1.57. The molecular weight excluding hydrogens is 178 g/mol. The van der Waals surface area contributed by atoms with Crippen molar-refractivity contribution in [3.05, 3.63) is 46.8 Å². The van der Waals surface area contributed by atoms with Crippen LogP contribution in [0.15, 0.2) is 45.8 Å². The van der Waals surface area contributed by atoms with Crippen LogP contribution in [0.5, 0.6) is 0 Å². The summed E-state index contributed by atoms with van der Waals surface area (Å²) in [6, 6.07) is 10.4. The Morgan fingerprint density at radius 2 is 1.93 bits per heavy atom. The van der Waals surface area contributed by atoms with Gasteiger partial charge in [0.15, 0.2) is 5.43 Å². The van der Waals surface area contributed by atoms with Crippen LogP contribution in [0.2, 0.25) is 0 Å². The van der Waals surface area contributed by atoms with E-state index >= 15 is 0 Å². The lowest BCUT2D eigenvalue weighted by Gasteiger charge is -1.91. The van der Waals surface area contributed by atoms with Gasteiger partial charge in [-0.05, 0) is 12.1 Å². The monoisotopic (exact) mass is 187 g/mol. The van der Waals surface area contributed by atoms with E-state index in [0.717, 1.165) is 0 Å². The largest absolute Gasteiger partial charge is 0.464 e. The minimum Gasteiger partial charge on any atom is -0.464 e. The second-order valence-corrected chi connectivity index (χ2v) is 2.50. The van der Waals surface area contributed by atoms with Crippen molar-refractivity contribution in [2.24, 2.45) is 0 Å². The van der Waals surface area contributed by atoms with Gasteiger partial charge in [-0.15, -0.1) is 0 Å². The first-order valence-corrected chi connectivity index (χ1v) is 4.07. The van der Waals surface area contributed by atoms with Crippen LogP contribution in [0.4, 0.5) is 0 Å². The summed E-state index contributed by atoms with van der Waals surface area (Å²) in [5, 5.41) is 7.95. The van der Waals surface area contributed by atoms with Crippen molar-refractivity contribution in [3.8, 4) is 6.07 Å². The van der Waals surface area contributed by atoms with Crippen LogP contribution in [0, 0.1) is 11.3 Å². The van der Waals surface area contributed by atoms with Crippen molar-refractivity contribution in [1.29, 1.82) is 5.26 Å². The van der Waals surface area contributed by atoms with Crippen molar-refractivity contribution in [2.45, 2.75) is 6.92 Å². The lowest BCUT2D eigenvalue weighted by molar-refractivity contribution is 0.602. The minimum absolute atomic E-state index is 0.00634. The summed E-state index contributed by atoms with van der Waals surface area (Å²) in [4.78, 5) is 11.1. The lowest BCUT2D eigenvalue weighted by Crippen LogP contribution is -1.96. The molecule has 1 aromatic carbocycles. The van der Waals surface area contributed by atoms with Crippen molar-refractivity contribution >= 4 is 11.0 Å². The molecule has 2 aromatic rings. The van der Waals surface area contributed by atoms with Crippen LogP contribution in [0.1, 0.15) is 6.92 Å². The van der Waals surface area contributed by atoms with E-state index in [1.807, 2.05) is 12.1 Å². The van der Waals surface area contributed by atoms with Crippen molar-refractivity contribution in [1.82, 2.24) is 0 Å². The van der Waals surface area contributed by atoms with Gasteiger partial charge in [0.05, 0.1) is 17.7 Å². The quantitative estimate of drug-likeness (QED) is 0.636. The van der Waals surface area contributed by atoms with Gasteiger partial charge in [-0.1, -0.05) is 12.1 Å². The average Bonchev–Trinajstić information content (AvgIpc) is 2.20. The number of nitriles is 1. The first-order chi connectivity index (χ1) is 6.79.